The number of hydrogen-bond acceptors (Lipinski definition) is 8. The fraction of sp³-hybridized carbons (Fsp3) is 0. The summed E-state index contributed by atoms with van der Waals surface area (Å²) in [6.45, 7) is 0. The molecule has 11 heavy (non-hydrogen) atoms. The van der Waals surface area contributed by atoms with Crippen LogP contribution in [0.5, 0.6) is 0 Å². The molecule has 0 aliphatic heterocycles. The molecule has 0 saturated heterocycles. The van der Waals surface area contributed by atoms with Crippen molar-refractivity contribution in [3.63, 3.8) is 0 Å². The molecule has 0 unspecified atom stereocenters. The van der Waals surface area contributed by atoms with Gasteiger partial charge < -0.3 is 38.5 Å². The Hall–Kier alpha value is 1.02. The van der Waals surface area contributed by atoms with Crippen LogP contribution in [-0.2, 0) is 9.13 Å². The van der Waals surface area contributed by atoms with Crippen molar-refractivity contribution in [3.05, 3.63) is 0 Å². The minimum absolute atomic E-state index is 0. The van der Waals surface area contributed by atoms with Gasteiger partial charge in [0.25, 0.3) is 0 Å². The molecule has 11 heteroatoms. The van der Waals surface area contributed by atoms with Gasteiger partial charge in [0.15, 0.2) is 0 Å². The van der Waals surface area contributed by atoms with E-state index in [-0.39, 0.29) is 23.9 Å². The minimum Gasteiger partial charge on any atom is -0.822 e. The van der Waals surface area contributed by atoms with Crippen LogP contribution in [0.15, 0.2) is 0 Å². The molecule has 0 atom stereocenters. The van der Waals surface area contributed by atoms with Crippen LogP contribution in [0.1, 0.15) is 0 Å². The molecule has 0 radical (unpaired) electrons. The molecule has 64 valence electrons. The standard InChI is InChI=1S/2H3O4P.Sn/c2*1-5(2,3)4;/h2*(H3,1,2,3,4);/q;;+4/p-6. The third-order valence-electron chi connectivity index (χ3n) is 0. The molecule has 0 heterocycles. The quantitative estimate of drug-likeness (QED) is 0.314. The molecule has 8 nitrogen and oxygen atoms in total. The van der Waals surface area contributed by atoms with Crippen LogP contribution in [0.4, 0.5) is 0 Å². The van der Waals surface area contributed by atoms with E-state index >= 15 is 0 Å². The van der Waals surface area contributed by atoms with Gasteiger partial charge in [-0.15, -0.1) is 0 Å². The third kappa shape index (κ3) is 864. The average Bonchev–Trinajstić information content (AvgIpc) is 1.12. The van der Waals surface area contributed by atoms with Gasteiger partial charge in [0, 0.05) is 0 Å². The van der Waals surface area contributed by atoms with E-state index in [0.717, 1.165) is 0 Å². The number of hydrogen-bond donors (Lipinski definition) is 0. The Morgan fingerprint density at radius 2 is 0.636 bits per heavy atom. The van der Waals surface area contributed by atoms with Gasteiger partial charge in [0.1, 0.15) is 0 Å². The second-order valence-corrected chi connectivity index (χ2v) is 2.68. The fourth-order valence-corrected chi connectivity index (χ4v) is 0. The van der Waals surface area contributed by atoms with Crippen molar-refractivity contribution < 1.29 is 38.5 Å². The summed E-state index contributed by atoms with van der Waals surface area (Å²) in [6, 6.07) is 0. The van der Waals surface area contributed by atoms with E-state index in [1.807, 2.05) is 0 Å². The maximum absolute atomic E-state index is 8.55. The average molecular weight is 309 g/mol. The first kappa shape index (κ1) is 17.9. The maximum Gasteiger partial charge on any atom is 4.00 e. The Bertz CT molecular complexity index is 124. The first-order chi connectivity index (χ1) is 4.00. The van der Waals surface area contributed by atoms with Crippen LogP contribution < -0.4 is 29.4 Å². The molecule has 0 amide bonds. The minimum atomic E-state index is -5.39. The van der Waals surface area contributed by atoms with Crippen LogP contribution >= 0.6 is 15.6 Å². The monoisotopic (exact) mass is 310 g/mol. The summed E-state index contributed by atoms with van der Waals surface area (Å²) in [5.41, 5.74) is 0. The van der Waals surface area contributed by atoms with Crippen molar-refractivity contribution in [2.24, 2.45) is 0 Å². The van der Waals surface area contributed by atoms with E-state index in [9.17, 15) is 0 Å². The van der Waals surface area contributed by atoms with Crippen molar-refractivity contribution in [1.82, 2.24) is 0 Å². The van der Waals surface area contributed by atoms with Crippen molar-refractivity contribution in [1.29, 1.82) is 0 Å². The molecule has 0 aromatic heterocycles. The normalized spacial score (nSPS) is 10.7. The van der Waals surface area contributed by atoms with E-state index in [4.69, 9.17) is 38.5 Å². The Labute approximate surface area is 78.3 Å². The van der Waals surface area contributed by atoms with E-state index in [1.165, 1.54) is 0 Å². The predicted octanol–water partition coefficient (Wildman–Crippen LogP) is -6.03. The molecule has 0 bridgehead atoms. The smallest absolute Gasteiger partial charge is 0.822 e. The second kappa shape index (κ2) is 6.53. The van der Waals surface area contributed by atoms with Crippen molar-refractivity contribution in [2.75, 3.05) is 0 Å². The number of rotatable bonds is 0. The maximum atomic E-state index is 8.55. The summed E-state index contributed by atoms with van der Waals surface area (Å²) in [5, 5.41) is 0. The molecule has 0 saturated carbocycles. The molecule has 0 spiro atoms. The van der Waals surface area contributed by atoms with Crippen LogP contribution in [0.2, 0.25) is 0 Å². The fourth-order valence-electron chi connectivity index (χ4n) is 0. The molecule has 0 aliphatic carbocycles. The van der Waals surface area contributed by atoms with Gasteiger partial charge in [0.05, 0.1) is 0 Å². The zero-order chi connectivity index (χ0) is 9.00. The van der Waals surface area contributed by atoms with Crippen molar-refractivity contribution >= 4 is 39.6 Å². The van der Waals surface area contributed by atoms with Gasteiger partial charge in [-0.2, -0.15) is 15.6 Å². The SMILES string of the molecule is O=P([O-])([O-])[O-].O=P([O-])([O-])[O-].[Sn+4]. The van der Waals surface area contributed by atoms with Crippen molar-refractivity contribution in [3.8, 4) is 0 Å². The Morgan fingerprint density at radius 1 is 0.636 bits per heavy atom. The largest absolute Gasteiger partial charge is 4.00 e. The molecule has 0 fully saturated rings. The summed E-state index contributed by atoms with van der Waals surface area (Å²) >= 11 is 0. The predicted molar refractivity (Wildman–Crippen MR) is 21.0 cm³/mol. The summed E-state index contributed by atoms with van der Waals surface area (Å²) in [6.07, 6.45) is 0. The molecule has 0 N–H and O–H groups in total. The Kier molecular flexibility index (Phi) is 10.6. The van der Waals surface area contributed by atoms with Crippen LogP contribution in [-0.4, -0.2) is 23.9 Å². The molecule has 0 aliphatic rings. The summed E-state index contributed by atoms with van der Waals surface area (Å²) in [5.74, 6) is 0. The molecular formula is O8P2Sn-2. The molecule has 0 aromatic carbocycles. The zero-order valence-electron chi connectivity index (χ0n) is 4.66. The van der Waals surface area contributed by atoms with E-state index in [1.54, 1.807) is 0 Å². The van der Waals surface area contributed by atoms with Gasteiger partial charge in [-0.3, -0.25) is 0 Å². The summed E-state index contributed by atoms with van der Waals surface area (Å²) < 4.78 is 17.1. The second-order valence-electron chi connectivity index (χ2n) is 0.894. The van der Waals surface area contributed by atoms with E-state index in [2.05, 4.69) is 0 Å². The molecular weight excluding hydrogens is 309 g/mol. The van der Waals surface area contributed by atoms with Crippen LogP contribution in [0.3, 0.4) is 0 Å². The van der Waals surface area contributed by atoms with Crippen molar-refractivity contribution in [2.45, 2.75) is 0 Å². The van der Waals surface area contributed by atoms with Gasteiger partial charge in [-0.05, 0) is 0 Å². The summed E-state index contributed by atoms with van der Waals surface area (Å²) in [7, 11) is -10.8. The zero-order valence-corrected chi connectivity index (χ0v) is 9.30. The number of phosphoric acid groups is 2. The van der Waals surface area contributed by atoms with Gasteiger partial charge in [0.2, 0.25) is 0 Å². The molecule has 0 rings (SSSR count). The van der Waals surface area contributed by atoms with E-state index < -0.39 is 15.6 Å². The summed E-state index contributed by atoms with van der Waals surface area (Å²) in [4.78, 5) is 51.3. The third-order valence-corrected chi connectivity index (χ3v) is 0. The van der Waals surface area contributed by atoms with Gasteiger partial charge in [-0.1, -0.05) is 0 Å². The van der Waals surface area contributed by atoms with Crippen LogP contribution in [0.25, 0.3) is 0 Å². The Balaban J connectivity index is -0.000000107. The van der Waals surface area contributed by atoms with Gasteiger partial charge in [-0.25, -0.2) is 0 Å². The molecule has 0 aromatic rings. The van der Waals surface area contributed by atoms with Crippen LogP contribution in [0, 0.1) is 0 Å². The Morgan fingerprint density at radius 3 is 0.636 bits per heavy atom. The first-order valence-corrected chi connectivity index (χ1v) is 4.38. The first-order valence-electron chi connectivity index (χ1n) is 1.46. The van der Waals surface area contributed by atoms with E-state index in [0.29, 0.717) is 0 Å². The van der Waals surface area contributed by atoms with Gasteiger partial charge >= 0.3 is 23.9 Å². The topological polar surface area (TPSA) is 172 Å².